The number of amides is 3. The van der Waals surface area contributed by atoms with Gasteiger partial charge in [0, 0.05) is 28.0 Å². The van der Waals surface area contributed by atoms with Crippen molar-refractivity contribution in [2.75, 3.05) is 11.4 Å². The molecule has 3 aromatic rings. The Balaban J connectivity index is 1.63. The molecular formula is C26H26BrN3O3. The Morgan fingerprint density at radius 2 is 1.73 bits per heavy atom. The van der Waals surface area contributed by atoms with Crippen molar-refractivity contribution in [3.8, 4) is 0 Å². The molecule has 4 rings (SSSR count). The van der Waals surface area contributed by atoms with E-state index in [4.69, 9.17) is 0 Å². The van der Waals surface area contributed by atoms with Crippen LogP contribution < -0.4 is 10.2 Å². The maximum absolute atomic E-state index is 13.6. The van der Waals surface area contributed by atoms with E-state index in [-0.39, 0.29) is 36.9 Å². The van der Waals surface area contributed by atoms with Gasteiger partial charge >= 0.3 is 0 Å². The molecule has 33 heavy (non-hydrogen) atoms. The molecule has 1 aliphatic rings. The summed E-state index contributed by atoms with van der Waals surface area (Å²) in [6.45, 7) is 5.59. The first-order valence-electron chi connectivity index (χ1n) is 10.9. The lowest BCUT2D eigenvalue weighted by atomic mass is 10.1. The van der Waals surface area contributed by atoms with E-state index in [9.17, 15) is 14.4 Å². The van der Waals surface area contributed by atoms with Crippen LogP contribution in [0.3, 0.4) is 0 Å². The zero-order chi connectivity index (χ0) is 23.7. The fraction of sp³-hybridized carbons (Fsp3) is 0.269. The predicted octanol–water partition coefficient (Wildman–Crippen LogP) is 4.50. The standard InChI is InChI=1S/C26H26BrN3O3/c1-16(2)28-25(32)17(3)29(14-18-7-4-10-20(27)13-18)23(31)15-30-22-12-6-9-19-8-5-11-21(24(19)22)26(30)33/h4-13,16-17H,14-15H2,1-3H3,(H,28,32)/t17-/m1/s1. The van der Waals surface area contributed by atoms with Crippen LogP contribution in [-0.4, -0.2) is 41.2 Å². The van der Waals surface area contributed by atoms with Crippen LogP contribution in [0.15, 0.2) is 65.1 Å². The molecule has 6 nitrogen and oxygen atoms in total. The third-order valence-electron chi connectivity index (χ3n) is 5.78. The number of nitrogens with one attached hydrogen (secondary N) is 1. The summed E-state index contributed by atoms with van der Waals surface area (Å²) in [6, 6.07) is 18.2. The Bertz CT molecular complexity index is 1240. The van der Waals surface area contributed by atoms with Crippen LogP contribution in [0.1, 0.15) is 36.7 Å². The van der Waals surface area contributed by atoms with Crippen molar-refractivity contribution in [1.82, 2.24) is 10.2 Å². The molecule has 1 N–H and O–H groups in total. The molecule has 1 heterocycles. The highest BCUT2D eigenvalue weighted by Gasteiger charge is 2.34. The third kappa shape index (κ3) is 4.64. The Morgan fingerprint density at radius 3 is 2.42 bits per heavy atom. The molecule has 0 saturated carbocycles. The molecule has 0 aliphatic carbocycles. The van der Waals surface area contributed by atoms with E-state index >= 15 is 0 Å². The minimum Gasteiger partial charge on any atom is -0.352 e. The SMILES string of the molecule is CC(C)NC(=O)[C@@H](C)N(Cc1cccc(Br)c1)C(=O)CN1C(=O)c2cccc3cccc1c23. The first-order chi connectivity index (χ1) is 15.8. The minimum absolute atomic E-state index is 0.0463. The first kappa shape index (κ1) is 23.0. The third-order valence-corrected chi connectivity index (χ3v) is 6.28. The van der Waals surface area contributed by atoms with Crippen LogP contribution >= 0.6 is 15.9 Å². The molecule has 170 valence electrons. The highest BCUT2D eigenvalue weighted by molar-refractivity contribution is 9.10. The van der Waals surface area contributed by atoms with Gasteiger partial charge < -0.3 is 10.2 Å². The fourth-order valence-corrected chi connectivity index (χ4v) is 4.63. The highest BCUT2D eigenvalue weighted by atomic mass is 79.9. The quantitative estimate of drug-likeness (QED) is 0.511. The molecular weight excluding hydrogens is 482 g/mol. The zero-order valence-corrected chi connectivity index (χ0v) is 20.4. The summed E-state index contributed by atoms with van der Waals surface area (Å²) < 4.78 is 0.892. The molecule has 3 aromatic carbocycles. The van der Waals surface area contributed by atoms with Gasteiger partial charge in [-0.2, -0.15) is 0 Å². The van der Waals surface area contributed by atoms with Crippen LogP contribution in [0.25, 0.3) is 10.8 Å². The Kier molecular flexibility index (Phi) is 6.51. The Hall–Kier alpha value is -3.19. The van der Waals surface area contributed by atoms with Crippen LogP contribution in [-0.2, 0) is 16.1 Å². The van der Waals surface area contributed by atoms with Crippen LogP contribution in [0.5, 0.6) is 0 Å². The summed E-state index contributed by atoms with van der Waals surface area (Å²) in [5, 5.41) is 4.71. The van der Waals surface area contributed by atoms with E-state index < -0.39 is 6.04 Å². The van der Waals surface area contributed by atoms with Gasteiger partial charge in [-0.25, -0.2) is 0 Å². The monoisotopic (exact) mass is 507 g/mol. The van der Waals surface area contributed by atoms with Gasteiger partial charge in [-0.1, -0.05) is 52.3 Å². The molecule has 7 heteroatoms. The van der Waals surface area contributed by atoms with E-state index in [0.717, 1.165) is 26.5 Å². The number of carbonyl (C=O) groups excluding carboxylic acids is 3. The van der Waals surface area contributed by atoms with Gasteiger partial charge in [0.05, 0.1) is 5.69 Å². The molecule has 1 atom stereocenters. The van der Waals surface area contributed by atoms with Crippen molar-refractivity contribution < 1.29 is 14.4 Å². The summed E-state index contributed by atoms with van der Waals surface area (Å²) >= 11 is 3.46. The summed E-state index contributed by atoms with van der Waals surface area (Å²) in [6.07, 6.45) is 0. The Morgan fingerprint density at radius 1 is 1.03 bits per heavy atom. The number of benzene rings is 3. The van der Waals surface area contributed by atoms with E-state index in [2.05, 4.69) is 21.2 Å². The predicted molar refractivity (Wildman–Crippen MR) is 133 cm³/mol. The lowest BCUT2D eigenvalue weighted by molar-refractivity contribution is -0.139. The molecule has 1 aliphatic heterocycles. The lowest BCUT2D eigenvalue weighted by Gasteiger charge is -2.31. The van der Waals surface area contributed by atoms with Gasteiger partial charge in [-0.15, -0.1) is 0 Å². The van der Waals surface area contributed by atoms with E-state index in [1.807, 2.05) is 68.4 Å². The molecule has 3 amide bonds. The van der Waals surface area contributed by atoms with Gasteiger partial charge in [0.1, 0.15) is 12.6 Å². The van der Waals surface area contributed by atoms with E-state index in [1.165, 1.54) is 9.80 Å². The summed E-state index contributed by atoms with van der Waals surface area (Å²) in [5.74, 6) is -0.720. The normalized spacial score (nSPS) is 13.5. The molecule has 0 saturated heterocycles. The maximum atomic E-state index is 13.6. The topological polar surface area (TPSA) is 69.7 Å². The van der Waals surface area contributed by atoms with Crippen LogP contribution in [0.2, 0.25) is 0 Å². The molecule has 0 bridgehead atoms. The van der Waals surface area contributed by atoms with E-state index in [0.29, 0.717) is 5.56 Å². The number of halogens is 1. The number of hydrogen-bond acceptors (Lipinski definition) is 3. The number of rotatable bonds is 7. The molecule has 0 spiro atoms. The summed E-state index contributed by atoms with van der Waals surface area (Å²) in [7, 11) is 0. The second kappa shape index (κ2) is 9.35. The molecule has 0 unspecified atom stereocenters. The molecule has 0 radical (unpaired) electrons. The van der Waals surface area contributed by atoms with Gasteiger partial charge in [0.2, 0.25) is 11.8 Å². The lowest BCUT2D eigenvalue weighted by Crippen LogP contribution is -2.51. The van der Waals surface area contributed by atoms with Gasteiger partial charge in [-0.05, 0) is 56.0 Å². The average molecular weight is 508 g/mol. The van der Waals surface area contributed by atoms with Gasteiger partial charge in [-0.3, -0.25) is 19.3 Å². The van der Waals surface area contributed by atoms with Crippen molar-refractivity contribution in [3.05, 3.63) is 76.3 Å². The molecule has 0 aromatic heterocycles. The Labute approximate surface area is 201 Å². The second-order valence-corrected chi connectivity index (χ2v) is 9.48. The summed E-state index contributed by atoms with van der Waals surface area (Å²) in [5.41, 5.74) is 2.21. The van der Waals surface area contributed by atoms with Gasteiger partial charge in [0.25, 0.3) is 5.91 Å². The van der Waals surface area contributed by atoms with E-state index in [1.54, 1.807) is 13.0 Å². The number of hydrogen-bond donors (Lipinski definition) is 1. The van der Waals surface area contributed by atoms with Crippen molar-refractivity contribution in [2.45, 2.75) is 39.4 Å². The zero-order valence-electron chi connectivity index (χ0n) is 18.8. The van der Waals surface area contributed by atoms with Crippen LogP contribution in [0.4, 0.5) is 5.69 Å². The van der Waals surface area contributed by atoms with Crippen LogP contribution in [0, 0.1) is 0 Å². The number of nitrogens with zero attached hydrogens (tertiary/aromatic N) is 2. The van der Waals surface area contributed by atoms with Crippen molar-refractivity contribution >= 4 is 50.1 Å². The van der Waals surface area contributed by atoms with Crippen molar-refractivity contribution in [3.63, 3.8) is 0 Å². The first-order valence-corrected chi connectivity index (χ1v) is 11.7. The fourth-order valence-electron chi connectivity index (χ4n) is 4.18. The number of carbonyl (C=O) groups is 3. The van der Waals surface area contributed by atoms with Crippen molar-refractivity contribution in [2.24, 2.45) is 0 Å². The largest absolute Gasteiger partial charge is 0.352 e. The average Bonchev–Trinajstić information content (AvgIpc) is 3.04. The maximum Gasteiger partial charge on any atom is 0.259 e. The summed E-state index contributed by atoms with van der Waals surface area (Å²) in [4.78, 5) is 42.6. The number of anilines is 1. The van der Waals surface area contributed by atoms with Crippen molar-refractivity contribution in [1.29, 1.82) is 0 Å². The second-order valence-electron chi connectivity index (χ2n) is 8.56. The van der Waals surface area contributed by atoms with Gasteiger partial charge in [0.15, 0.2) is 0 Å². The highest BCUT2D eigenvalue weighted by Crippen LogP contribution is 2.37. The smallest absolute Gasteiger partial charge is 0.259 e. The minimum atomic E-state index is -0.699. The molecule has 0 fully saturated rings.